The molecular formula is C16H28N4OS. The highest BCUT2D eigenvalue weighted by Crippen LogP contribution is 2.28. The van der Waals surface area contributed by atoms with E-state index in [1.807, 2.05) is 6.92 Å². The summed E-state index contributed by atoms with van der Waals surface area (Å²) in [5, 5.41) is 4.08. The van der Waals surface area contributed by atoms with Crippen molar-refractivity contribution in [3.63, 3.8) is 0 Å². The van der Waals surface area contributed by atoms with Crippen LogP contribution < -0.4 is 10.2 Å². The predicted octanol–water partition coefficient (Wildman–Crippen LogP) is 2.97. The first-order chi connectivity index (χ1) is 10.4. The van der Waals surface area contributed by atoms with Gasteiger partial charge in [0.2, 0.25) is 11.0 Å². The van der Waals surface area contributed by atoms with Crippen LogP contribution in [0.5, 0.6) is 0 Å². The third-order valence-electron chi connectivity index (χ3n) is 3.94. The van der Waals surface area contributed by atoms with Gasteiger partial charge in [0.1, 0.15) is 5.82 Å². The molecule has 22 heavy (non-hydrogen) atoms. The van der Waals surface area contributed by atoms with Crippen molar-refractivity contribution in [2.45, 2.75) is 58.8 Å². The van der Waals surface area contributed by atoms with Gasteiger partial charge in [-0.25, -0.2) is 4.98 Å². The molecule has 1 aromatic heterocycles. The molecule has 2 rings (SSSR count). The average Bonchev–Trinajstić information content (AvgIpc) is 2.96. The molecule has 1 atom stereocenters. The van der Waals surface area contributed by atoms with Crippen LogP contribution in [0.25, 0.3) is 0 Å². The Bertz CT molecular complexity index is 495. The van der Waals surface area contributed by atoms with E-state index in [0.717, 1.165) is 43.4 Å². The van der Waals surface area contributed by atoms with Crippen LogP contribution in [-0.4, -0.2) is 34.9 Å². The Kier molecular flexibility index (Phi) is 5.78. The number of anilines is 1. The Morgan fingerprint density at radius 1 is 1.45 bits per heavy atom. The van der Waals surface area contributed by atoms with Crippen LogP contribution >= 0.6 is 11.5 Å². The van der Waals surface area contributed by atoms with Gasteiger partial charge < -0.3 is 10.2 Å². The first-order valence-electron chi connectivity index (χ1n) is 8.26. The van der Waals surface area contributed by atoms with Crippen LogP contribution in [0.1, 0.15) is 59.2 Å². The number of hydrogen-bond acceptors (Lipinski definition) is 5. The van der Waals surface area contributed by atoms with E-state index in [0.29, 0.717) is 12.3 Å². The molecule has 1 N–H and O–H groups in total. The van der Waals surface area contributed by atoms with Gasteiger partial charge in [0.05, 0.1) is 0 Å². The molecule has 1 aliphatic heterocycles. The van der Waals surface area contributed by atoms with Gasteiger partial charge in [-0.05, 0) is 25.2 Å². The minimum Gasteiger partial charge on any atom is -0.356 e. The number of hydrogen-bond donors (Lipinski definition) is 1. The first kappa shape index (κ1) is 17.2. The summed E-state index contributed by atoms with van der Waals surface area (Å²) in [6.45, 7) is 11.2. The van der Waals surface area contributed by atoms with Crippen molar-refractivity contribution < 1.29 is 4.79 Å². The number of nitrogens with one attached hydrogen (secondary N) is 1. The Labute approximate surface area is 137 Å². The summed E-state index contributed by atoms with van der Waals surface area (Å²) in [7, 11) is 0. The highest BCUT2D eigenvalue weighted by atomic mass is 32.1. The second-order valence-electron chi connectivity index (χ2n) is 7.16. The second kappa shape index (κ2) is 7.40. The van der Waals surface area contributed by atoms with Gasteiger partial charge in [-0.15, -0.1) is 0 Å². The zero-order valence-corrected chi connectivity index (χ0v) is 15.0. The summed E-state index contributed by atoms with van der Waals surface area (Å²) < 4.78 is 4.51. The van der Waals surface area contributed by atoms with Crippen molar-refractivity contribution in [3.8, 4) is 0 Å². The normalized spacial score (nSPS) is 19.3. The standard InChI is InChI=1S/C16H28N4OS/c1-5-7-13(21)17-10-12-8-6-9-20(11-12)15-18-14(19-22-15)16(2,3)4/h12H,5-11H2,1-4H3,(H,17,21). The van der Waals surface area contributed by atoms with E-state index in [1.54, 1.807) is 0 Å². The maximum absolute atomic E-state index is 11.6. The third kappa shape index (κ3) is 4.66. The molecule has 6 heteroatoms. The van der Waals surface area contributed by atoms with E-state index >= 15 is 0 Å². The molecule has 0 bridgehead atoms. The van der Waals surface area contributed by atoms with Crippen molar-refractivity contribution in [2.24, 2.45) is 5.92 Å². The number of nitrogens with zero attached hydrogens (tertiary/aromatic N) is 3. The Morgan fingerprint density at radius 2 is 2.23 bits per heavy atom. The lowest BCUT2D eigenvalue weighted by molar-refractivity contribution is -0.121. The minimum atomic E-state index is -0.00192. The summed E-state index contributed by atoms with van der Waals surface area (Å²) >= 11 is 1.49. The predicted molar refractivity (Wildman–Crippen MR) is 91.5 cm³/mol. The third-order valence-corrected chi connectivity index (χ3v) is 4.72. The Morgan fingerprint density at radius 3 is 2.86 bits per heavy atom. The fraction of sp³-hybridized carbons (Fsp3) is 0.812. The molecule has 1 unspecified atom stereocenters. The lowest BCUT2D eigenvalue weighted by Crippen LogP contribution is -2.41. The minimum absolute atomic E-state index is 0.00192. The monoisotopic (exact) mass is 324 g/mol. The SMILES string of the molecule is CCCC(=O)NCC1CCCN(c2nc(C(C)(C)C)ns2)C1. The molecule has 2 heterocycles. The van der Waals surface area contributed by atoms with Crippen LogP contribution in [0.3, 0.4) is 0 Å². The number of piperidine rings is 1. The van der Waals surface area contributed by atoms with Crippen LogP contribution in [0.4, 0.5) is 5.13 Å². The largest absolute Gasteiger partial charge is 0.356 e. The van der Waals surface area contributed by atoms with Gasteiger partial charge in [-0.2, -0.15) is 4.37 Å². The molecule has 0 aliphatic carbocycles. The van der Waals surface area contributed by atoms with E-state index in [4.69, 9.17) is 4.98 Å². The first-order valence-corrected chi connectivity index (χ1v) is 9.03. The van der Waals surface area contributed by atoms with Gasteiger partial charge >= 0.3 is 0 Å². The number of aromatic nitrogens is 2. The number of rotatable bonds is 5. The van der Waals surface area contributed by atoms with E-state index in [1.165, 1.54) is 18.0 Å². The highest BCUT2D eigenvalue weighted by Gasteiger charge is 2.25. The molecule has 0 radical (unpaired) electrons. The smallest absolute Gasteiger partial charge is 0.219 e. The molecule has 0 spiro atoms. The molecule has 0 aromatic carbocycles. The molecule has 1 fully saturated rings. The molecule has 1 saturated heterocycles. The Balaban J connectivity index is 1.90. The second-order valence-corrected chi connectivity index (χ2v) is 7.89. The fourth-order valence-corrected chi connectivity index (χ4v) is 3.52. The van der Waals surface area contributed by atoms with Crippen LogP contribution in [-0.2, 0) is 10.2 Å². The molecule has 1 aliphatic rings. The number of amides is 1. The maximum Gasteiger partial charge on any atom is 0.219 e. The maximum atomic E-state index is 11.6. The fourth-order valence-electron chi connectivity index (χ4n) is 2.63. The van der Waals surface area contributed by atoms with Gasteiger partial charge in [0.25, 0.3) is 0 Å². The lowest BCUT2D eigenvalue weighted by atomic mass is 9.96. The van der Waals surface area contributed by atoms with Gasteiger partial charge in [-0.3, -0.25) is 4.79 Å². The summed E-state index contributed by atoms with van der Waals surface area (Å²) in [4.78, 5) is 18.6. The van der Waals surface area contributed by atoms with Crippen molar-refractivity contribution in [2.75, 3.05) is 24.5 Å². The van der Waals surface area contributed by atoms with Crippen molar-refractivity contribution in [1.29, 1.82) is 0 Å². The number of carbonyl (C=O) groups is 1. The zero-order valence-electron chi connectivity index (χ0n) is 14.2. The zero-order chi connectivity index (χ0) is 16.2. The average molecular weight is 324 g/mol. The molecule has 1 aromatic rings. The molecule has 1 amide bonds. The van der Waals surface area contributed by atoms with E-state index in [2.05, 4.69) is 35.4 Å². The summed E-state index contributed by atoms with van der Waals surface area (Å²) in [5.74, 6) is 1.60. The van der Waals surface area contributed by atoms with Crippen molar-refractivity contribution >= 4 is 22.6 Å². The van der Waals surface area contributed by atoms with Crippen LogP contribution in [0.15, 0.2) is 0 Å². The van der Waals surface area contributed by atoms with Crippen molar-refractivity contribution in [1.82, 2.24) is 14.7 Å². The quantitative estimate of drug-likeness (QED) is 0.904. The van der Waals surface area contributed by atoms with Crippen LogP contribution in [0, 0.1) is 5.92 Å². The van der Waals surface area contributed by atoms with Crippen LogP contribution in [0.2, 0.25) is 0 Å². The van der Waals surface area contributed by atoms with Crippen molar-refractivity contribution in [3.05, 3.63) is 5.82 Å². The highest BCUT2D eigenvalue weighted by molar-refractivity contribution is 7.09. The topological polar surface area (TPSA) is 58.1 Å². The van der Waals surface area contributed by atoms with E-state index in [9.17, 15) is 4.79 Å². The molecule has 124 valence electrons. The van der Waals surface area contributed by atoms with E-state index in [-0.39, 0.29) is 11.3 Å². The lowest BCUT2D eigenvalue weighted by Gasteiger charge is -2.32. The molecular weight excluding hydrogens is 296 g/mol. The molecule has 0 saturated carbocycles. The van der Waals surface area contributed by atoms with Gasteiger partial charge in [0, 0.05) is 43.0 Å². The van der Waals surface area contributed by atoms with E-state index < -0.39 is 0 Å². The molecule has 5 nitrogen and oxygen atoms in total. The summed E-state index contributed by atoms with van der Waals surface area (Å²) in [6.07, 6.45) is 3.86. The Hall–Kier alpha value is -1.17. The van der Waals surface area contributed by atoms with Gasteiger partial charge in [-0.1, -0.05) is 27.7 Å². The van der Waals surface area contributed by atoms with Gasteiger partial charge in [0.15, 0.2) is 0 Å². The summed E-state index contributed by atoms with van der Waals surface area (Å²) in [6, 6.07) is 0. The number of carbonyl (C=O) groups excluding carboxylic acids is 1. The summed E-state index contributed by atoms with van der Waals surface area (Å²) in [5.41, 5.74) is -0.00192.